The van der Waals surface area contributed by atoms with E-state index in [4.69, 9.17) is 0 Å². The molecule has 3 aromatic rings. The van der Waals surface area contributed by atoms with Crippen molar-refractivity contribution >= 4 is 27.3 Å². The smallest absolute Gasteiger partial charge is 0.253 e. The fraction of sp³-hybridized carbons (Fsp3) is 0.294. The third-order valence-corrected chi connectivity index (χ3v) is 5.39. The van der Waals surface area contributed by atoms with Crippen molar-refractivity contribution in [2.24, 2.45) is 0 Å². The van der Waals surface area contributed by atoms with Gasteiger partial charge in [-0.3, -0.25) is 4.79 Å². The fourth-order valence-corrected chi connectivity index (χ4v) is 4.27. The van der Waals surface area contributed by atoms with E-state index in [9.17, 15) is 4.79 Å². The second kappa shape index (κ2) is 5.57. The first-order valence-corrected chi connectivity index (χ1v) is 8.45. The zero-order valence-electron chi connectivity index (χ0n) is 12.1. The summed E-state index contributed by atoms with van der Waals surface area (Å²) in [5, 5.41) is 6.23. The number of nitrogens with one attached hydrogen (secondary N) is 1. The summed E-state index contributed by atoms with van der Waals surface area (Å²) in [5.41, 5.74) is 0.789. The van der Waals surface area contributed by atoms with Crippen LogP contribution in [0.15, 0.2) is 48.4 Å². The summed E-state index contributed by atoms with van der Waals surface area (Å²) in [6, 6.07) is 8.56. The molecule has 22 heavy (non-hydrogen) atoms. The molecule has 0 spiro atoms. The first kappa shape index (κ1) is 13.5. The molecule has 0 saturated heterocycles. The summed E-state index contributed by atoms with van der Waals surface area (Å²) in [6.45, 7) is 0. The molecule has 1 aromatic carbocycles. The van der Waals surface area contributed by atoms with Crippen LogP contribution in [0, 0.1) is 0 Å². The molecule has 1 aliphatic carbocycles. The van der Waals surface area contributed by atoms with Gasteiger partial charge in [0, 0.05) is 33.9 Å². The molecular weight excluding hydrogens is 294 g/mol. The van der Waals surface area contributed by atoms with Gasteiger partial charge in [-0.05, 0) is 25.3 Å². The second-order valence-corrected chi connectivity index (χ2v) is 6.64. The molecule has 4 nitrogen and oxygen atoms in total. The minimum Gasteiger partial charge on any atom is -0.347 e. The van der Waals surface area contributed by atoms with Crippen LogP contribution in [0.1, 0.15) is 35.7 Å². The highest BCUT2D eigenvalue weighted by molar-refractivity contribution is 7.17. The van der Waals surface area contributed by atoms with Crippen molar-refractivity contribution in [2.75, 3.05) is 0 Å². The van der Waals surface area contributed by atoms with Crippen LogP contribution in [0.5, 0.6) is 0 Å². The number of hydrogen-bond donors (Lipinski definition) is 1. The molecule has 0 aliphatic heterocycles. The van der Waals surface area contributed by atoms with Gasteiger partial charge >= 0.3 is 0 Å². The molecule has 2 aromatic heterocycles. The lowest BCUT2D eigenvalue weighted by atomic mass is 10.1. The minimum atomic E-state index is 0.0365. The molecule has 0 unspecified atom stereocenters. The molecule has 5 heteroatoms. The van der Waals surface area contributed by atoms with Crippen LogP contribution in [-0.2, 0) is 0 Å². The first-order valence-electron chi connectivity index (χ1n) is 7.57. The number of carbonyl (C=O) groups is 1. The number of nitrogens with zero attached hydrogens (tertiary/aromatic N) is 2. The molecule has 1 saturated carbocycles. The molecular formula is C17H17N3OS. The molecule has 2 heterocycles. The van der Waals surface area contributed by atoms with Crippen molar-refractivity contribution < 1.29 is 4.79 Å². The predicted molar refractivity (Wildman–Crippen MR) is 88.2 cm³/mol. The van der Waals surface area contributed by atoms with Crippen molar-refractivity contribution in [1.29, 1.82) is 0 Å². The van der Waals surface area contributed by atoms with E-state index in [1.165, 1.54) is 0 Å². The van der Waals surface area contributed by atoms with E-state index in [1.54, 1.807) is 17.5 Å². The van der Waals surface area contributed by atoms with Gasteiger partial charge in [-0.15, -0.1) is 11.3 Å². The Hall–Kier alpha value is -2.14. The second-order valence-electron chi connectivity index (χ2n) is 5.73. The van der Waals surface area contributed by atoms with Gasteiger partial charge in [0.1, 0.15) is 0 Å². The Kier molecular flexibility index (Phi) is 3.42. The Morgan fingerprint density at radius 1 is 1.32 bits per heavy atom. The van der Waals surface area contributed by atoms with E-state index in [0.29, 0.717) is 6.04 Å². The Balaban J connectivity index is 1.56. The lowest BCUT2D eigenvalue weighted by molar-refractivity contribution is 0.0931. The van der Waals surface area contributed by atoms with Crippen LogP contribution in [-0.4, -0.2) is 21.5 Å². The number of benzene rings is 1. The van der Waals surface area contributed by atoms with Gasteiger partial charge in [0.05, 0.1) is 17.9 Å². The summed E-state index contributed by atoms with van der Waals surface area (Å²) < 4.78 is 3.27. The molecule has 0 bridgehead atoms. The topological polar surface area (TPSA) is 46.9 Å². The highest BCUT2D eigenvalue weighted by Crippen LogP contribution is 2.31. The van der Waals surface area contributed by atoms with Gasteiger partial charge in [-0.25, -0.2) is 4.98 Å². The summed E-state index contributed by atoms with van der Waals surface area (Å²) in [5.74, 6) is 0.0365. The molecule has 1 fully saturated rings. The standard InChI is InChI=1S/C17H17N3OS/c21-17(13-10-22-16-7-2-1-4-12(13)16)19-14-5-3-6-15(14)20-9-8-18-11-20/h1-2,4,7-11,14-15H,3,5-6H2,(H,19,21)/t14-,15+/m1/s1. The zero-order chi connectivity index (χ0) is 14.9. The van der Waals surface area contributed by atoms with E-state index in [1.807, 2.05) is 36.1 Å². The number of rotatable bonds is 3. The van der Waals surface area contributed by atoms with Crippen LogP contribution in [0.25, 0.3) is 10.1 Å². The molecule has 4 rings (SSSR count). The highest BCUT2D eigenvalue weighted by Gasteiger charge is 2.30. The van der Waals surface area contributed by atoms with Crippen LogP contribution < -0.4 is 5.32 Å². The molecule has 112 valence electrons. The van der Waals surface area contributed by atoms with E-state index in [-0.39, 0.29) is 11.9 Å². The van der Waals surface area contributed by atoms with E-state index < -0.39 is 0 Å². The number of thiophene rings is 1. The van der Waals surface area contributed by atoms with Gasteiger partial charge in [0.2, 0.25) is 0 Å². The maximum Gasteiger partial charge on any atom is 0.253 e. The SMILES string of the molecule is O=C(N[C@@H]1CCC[C@@H]1n1ccnc1)c1csc2ccccc12. The average Bonchev–Trinajstić information content (AvgIpc) is 3.27. The lowest BCUT2D eigenvalue weighted by Crippen LogP contribution is -2.38. The number of fused-ring (bicyclic) bond motifs is 1. The average molecular weight is 311 g/mol. The van der Waals surface area contributed by atoms with Crippen molar-refractivity contribution in [2.45, 2.75) is 31.3 Å². The number of amides is 1. The van der Waals surface area contributed by atoms with E-state index in [0.717, 1.165) is 34.9 Å². The number of carbonyl (C=O) groups excluding carboxylic acids is 1. The van der Waals surface area contributed by atoms with Crippen LogP contribution in [0.2, 0.25) is 0 Å². The third-order valence-electron chi connectivity index (χ3n) is 4.43. The van der Waals surface area contributed by atoms with Gasteiger partial charge in [0.15, 0.2) is 0 Å². The highest BCUT2D eigenvalue weighted by atomic mass is 32.1. The lowest BCUT2D eigenvalue weighted by Gasteiger charge is -2.22. The van der Waals surface area contributed by atoms with Gasteiger partial charge in [-0.1, -0.05) is 18.2 Å². The molecule has 0 radical (unpaired) electrons. The van der Waals surface area contributed by atoms with Crippen molar-refractivity contribution in [3.63, 3.8) is 0 Å². The van der Waals surface area contributed by atoms with Crippen LogP contribution >= 0.6 is 11.3 Å². The normalized spacial score (nSPS) is 21.3. The molecule has 1 aliphatic rings. The number of aromatic nitrogens is 2. The zero-order valence-corrected chi connectivity index (χ0v) is 12.9. The molecule has 1 amide bonds. The summed E-state index contributed by atoms with van der Waals surface area (Å²) in [6.07, 6.45) is 8.87. The largest absolute Gasteiger partial charge is 0.347 e. The molecule has 2 atom stereocenters. The van der Waals surface area contributed by atoms with Crippen molar-refractivity contribution in [1.82, 2.24) is 14.9 Å². The van der Waals surface area contributed by atoms with Crippen LogP contribution in [0.4, 0.5) is 0 Å². The van der Waals surface area contributed by atoms with Crippen molar-refractivity contribution in [3.8, 4) is 0 Å². The number of imidazole rings is 1. The summed E-state index contributed by atoms with van der Waals surface area (Å²) >= 11 is 1.62. The Bertz CT molecular complexity index is 793. The van der Waals surface area contributed by atoms with E-state index >= 15 is 0 Å². The van der Waals surface area contributed by atoms with Crippen molar-refractivity contribution in [3.05, 3.63) is 53.9 Å². The fourth-order valence-electron chi connectivity index (χ4n) is 3.33. The first-order chi connectivity index (χ1) is 10.8. The van der Waals surface area contributed by atoms with Gasteiger partial charge in [0.25, 0.3) is 5.91 Å². The summed E-state index contributed by atoms with van der Waals surface area (Å²) in [4.78, 5) is 16.8. The third kappa shape index (κ3) is 2.31. The van der Waals surface area contributed by atoms with Gasteiger partial charge in [-0.2, -0.15) is 0 Å². The maximum atomic E-state index is 12.7. The Morgan fingerprint density at radius 2 is 2.23 bits per heavy atom. The molecule has 1 N–H and O–H groups in total. The maximum absolute atomic E-state index is 12.7. The Morgan fingerprint density at radius 3 is 3.09 bits per heavy atom. The Labute approximate surface area is 132 Å². The monoisotopic (exact) mass is 311 g/mol. The minimum absolute atomic E-state index is 0.0365. The quantitative estimate of drug-likeness (QED) is 0.803. The number of hydrogen-bond acceptors (Lipinski definition) is 3. The van der Waals surface area contributed by atoms with Crippen LogP contribution in [0.3, 0.4) is 0 Å². The van der Waals surface area contributed by atoms with E-state index in [2.05, 4.69) is 20.9 Å². The summed E-state index contributed by atoms with van der Waals surface area (Å²) in [7, 11) is 0. The predicted octanol–water partition coefficient (Wildman–Crippen LogP) is 3.62. The van der Waals surface area contributed by atoms with Gasteiger partial charge < -0.3 is 9.88 Å².